The largest absolute Gasteiger partial charge is 1.00 e. The third-order valence-corrected chi connectivity index (χ3v) is 9.84. The minimum atomic E-state index is -4.87. The Bertz CT molecular complexity index is 1750. The Morgan fingerprint density at radius 1 is 0.875 bits per heavy atom. The van der Waals surface area contributed by atoms with Crippen molar-refractivity contribution in [2.75, 3.05) is 13.2 Å². The molecule has 48 heavy (non-hydrogen) atoms. The molecule has 0 bridgehead atoms. The van der Waals surface area contributed by atoms with E-state index in [1.54, 1.807) is 60.7 Å². The van der Waals surface area contributed by atoms with Crippen molar-refractivity contribution in [3.63, 3.8) is 0 Å². The van der Waals surface area contributed by atoms with Crippen molar-refractivity contribution in [2.24, 2.45) is 0 Å². The minimum absolute atomic E-state index is 0. The number of unbranched alkanes of at least 4 members (excludes halogenated alkanes) is 5. The number of phenols is 1. The number of aliphatic hydroxyl groups is 1. The monoisotopic (exact) mass is 699 g/mol. The fourth-order valence-electron chi connectivity index (χ4n) is 5.13. The second-order valence-corrected chi connectivity index (χ2v) is 13.8. The van der Waals surface area contributed by atoms with Crippen LogP contribution in [0, 0.1) is 0 Å². The number of amides is 1. The molecule has 0 aliphatic rings. The van der Waals surface area contributed by atoms with E-state index in [2.05, 4.69) is 19.2 Å². The second-order valence-electron chi connectivity index (χ2n) is 11.3. The summed E-state index contributed by atoms with van der Waals surface area (Å²) in [6, 6.07) is 22.9. The number of carbonyl (C=O) groups excluding carboxylic acids is 1. The summed E-state index contributed by atoms with van der Waals surface area (Å²) in [6.45, 7) is 5.37. The summed E-state index contributed by atoms with van der Waals surface area (Å²) in [4.78, 5) is 13.5. The Labute approximate surface area is 310 Å². The minimum Gasteiger partial charge on any atom is -0.744 e. The van der Waals surface area contributed by atoms with Crippen LogP contribution < -0.4 is 39.6 Å². The third kappa shape index (κ3) is 11.1. The molecule has 8 nitrogen and oxygen atoms in total. The molecule has 4 aromatic carbocycles. The summed E-state index contributed by atoms with van der Waals surface area (Å²) < 4.78 is 43.0. The molecule has 1 atom stereocenters. The van der Waals surface area contributed by atoms with Gasteiger partial charge in [0.15, 0.2) is 0 Å². The average molecular weight is 700 g/mol. The molecule has 4 rings (SSSR count). The van der Waals surface area contributed by atoms with E-state index < -0.39 is 16.2 Å². The van der Waals surface area contributed by atoms with Crippen LogP contribution in [-0.4, -0.2) is 42.2 Å². The predicted molar refractivity (Wildman–Crippen MR) is 184 cm³/mol. The molecule has 0 aliphatic carbocycles. The zero-order chi connectivity index (χ0) is 33.8. The predicted octanol–water partition coefficient (Wildman–Crippen LogP) is 5.08. The van der Waals surface area contributed by atoms with Crippen LogP contribution in [0.2, 0.25) is 0 Å². The van der Waals surface area contributed by atoms with Crippen molar-refractivity contribution < 1.29 is 62.3 Å². The van der Waals surface area contributed by atoms with Crippen LogP contribution in [-0.2, 0) is 10.1 Å². The molecule has 250 valence electrons. The quantitative estimate of drug-likeness (QED) is 0.0790. The summed E-state index contributed by atoms with van der Waals surface area (Å²) in [5.41, 5.74) is 1.65. The normalized spacial score (nSPS) is 11.8. The zero-order valence-electron chi connectivity index (χ0n) is 27.8. The van der Waals surface area contributed by atoms with E-state index in [0.717, 1.165) is 61.6 Å². The molecule has 0 radical (unpaired) electrons. The molecule has 0 saturated heterocycles. The maximum absolute atomic E-state index is 12.8. The number of carbonyl (C=O) groups is 1. The van der Waals surface area contributed by atoms with E-state index >= 15 is 0 Å². The second kappa shape index (κ2) is 19.4. The first-order valence-corrected chi connectivity index (χ1v) is 18.2. The molecule has 3 N–H and O–H groups in total. The zero-order valence-corrected chi connectivity index (χ0v) is 31.4. The maximum atomic E-state index is 12.8. The molecular weight excluding hydrogens is 658 g/mol. The standard InChI is InChI=1S/C37H43NO7S2.Na/c1-3-5-7-8-11-22-38-37(41)27-14-20-33(39)32(24-27)36(40)31-13-10-9-12-30(31)26-15-21-34(35(25-26)47(42,43)44)46-29-18-16-28(17-19-29)45-23-6-4-2;/h9-10,12-21,24-25,36,39-40H,3-8,11,22-23H2,1-2H3,(H,38,41)(H,42,43,44);/q;+1/p-1. The van der Waals surface area contributed by atoms with E-state index in [4.69, 9.17) is 4.74 Å². The number of benzene rings is 4. The molecule has 0 heterocycles. The van der Waals surface area contributed by atoms with Gasteiger partial charge in [-0.3, -0.25) is 4.79 Å². The van der Waals surface area contributed by atoms with Gasteiger partial charge in [-0.05, 0) is 84.1 Å². The van der Waals surface area contributed by atoms with E-state index in [-0.39, 0.29) is 56.6 Å². The van der Waals surface area contributed by atoms with Crippen LogP contribution in [0.25, 0.3) is 11.1 Å². The van der Waals surface area contributed by atoms with Gasteiger partial charge in [-0.15, -0.1) is 0 Å². The first kappa shape index (κ1) is 39.6. The summed E-state index contributed by atoms with van der Waals surface area (Å²) in [5, 5.41) is 25.1. The fraction of sp³-hybridized carbons (Fsp3) is 0.324. The van der Waals surface area contributed by atoms with Crippen molar-refractivity contribution in [3.05, 3.63) is 102 Å². The van der Waals surface area contributed by atoms with Crippen molar-refractivity contribution >= 4 is 27.8 Å². The van der Waals surface area contributed by atoms with Crippen molar-refractivity contribution in [1.29, 1.82) is 0 Å². The Hall–Kier alpha value is -2.83. The molecular formula is C37H42NNaO7S2. The summed E-state index contributed by atoms with van der Waals surface area (Å²) in [5.74, 6) is 0.207. The van der Waals surface area contributed by atoms with Crippen LogP contribution in [0.15, 0.2) is 99.6 Å². The Morgan fingerprint density at radius 3 is 2.29 bits per heavy atom. The van der Waals surface area contributed by atoms with Crippen molar-refractivity contribution in [2.45, 2.75) is 79.6 Å². The molecule has 0 fully saturated rings. The summed E-state index contributed by atoms with van der Waals surface area (Å²) in [6.07, 6.45) is 5.93. The van der Waals surface area contributed by atoms with Gasteiger partial charge in [-0.1, -0.05) is 88.0 Å². The molecule has 0 aliphatic heterocycles. The number of rotatable bonds is 17. The Balaban J connectivity index is 0.00000625. The van der Waals surface area contributed by atoms with Gasteiger partial charge in [0.05, 0.1) is 11.5 Å². The molecule has 4 aromatic rings. The first-order chi connectivity index (χ1) is 22.6. The van der Waals surface area contributed by atoms with Gasteiger partial charge in [0.2, 0.25) is 0 Å². The van der Waals surface area contributed by atoms with Crippen LogP contribution in [0.5, 0.6) is 11.5 Å². The van der Waals surface area contributed by atoms with Gasteiger partial charge in [-0.2, -0.15) is 0 Å². The van der Waals surface area contributed by atoms with Gasteiger partial charge in [0, 0.05) is 27.5 Å². The van der Waals surface area contributed by atoms with Gasteiger partial charge >= 0.3 is 29.6 Å². The van der Waals surface area contributed by atoms with Gasteiger partial charge in [0.25, 0.3) is 5.91 Å². The Morgan fingerprint density at radius 2 is 1.58 bits per heavy atom. The van der Waals surface area contributed by atoms with Crippen LogP contribution >= 0.6 is 11.8 Å². The molecule has 11 heteroatoms. The van der Waals surface area contributed by atoms with Gasteiger partial charge in [-0.25, -0.2) is 8.42 Å². The molecule has 0 saturated carbocycles. The van der Waals surface area contributed by atoms with Crippen LogP contribution in [0.4, 0.5) is 0 Å². The number of hydrogen-bond acceptors (Lipinski definition) is 8. The maximum Gasteiger partial charge on any atom is 1.00 e. The SMILES string of the molecule is CCCCCCCNC(=O)c1ccc(O)c(C(O)c2ccccc2-c2ccc(Sc3ccc(OCCCC)cc3)c(S(=O)(=O)[O-])c2)c1.[Na+]. The first-order valence-electron chi connectivity index (χ1n) is 16.0. The molecule has 0 spiro atoms. The average Bonchev–Trinajstić information content (AvgIpc) is 3.06. The Kier molecular flexibility index (Phi) is 16.0. The van der Waals surface area contributed by atoms with E-state index in [9.17, 15) is 28.0 Å². The van der Waals surface area contributed by atoms with Gasteiger partial charge < -0.3 is 24.8 Å². The number of aliphatic hydroxyl groups excluding tert-OH is 1. The smallest absolute Gasteiger partial charge is 0.744 e. The topological polar surface area (TPSA) is 136 Å². The number of ether oxygens (including phenoxy) is 1. The van der Waals surface area contributed by atoms with Crippen molar-refractivity contribution in [1.82, 2.24) is 5.32 Å². The summed E-state index contributed by atoms with van der Waals surface area (Å²) in [7, 11) is -4.87. The summed E-state index contributed by atoms with van der Waals surface area (Å²) >= 11 is 1.15. The number of aromatic hydroxyl groups is 1. The number of hydrogen-bond donors (Lipinski definition) is 3. The molecule has 0 aromatic heterocycles. The van der Waals surface area contributed by atoms with E-state index in [1.165, 1.54) is 24.3 Å². The molecule has 1 unspecified atom stereocenters. The van der Waals surface area contributed by atoms with E-state index in [1.807, 2.05) is 0 Å². The molecule has 1 amide bonds. The number of nitrogens with one attached hydrogen (secondary N) is 1. The third-order valence-electron chi connectivity index (χ3n) is 7.75. The van der Waals surface area contributed by atoms with Gasteiger partial charge in [0.1, 0.15) is 27.7 Å². The van der Waals surface area contributed by atoms with Crippen LogP contribution in [0.1, 0.15) is 86.4 Å². The van der Waals surface area contributed by atoms with E-state index in [0.29, 0.717) is 41.2 Å². The van der Waals surface area contributed by atoms with Crippen molar-refractivity contribution in [3.8, 4) is 22.6 Å². The fourth-order valence-corrected chi connectivity index (χ4v) is 6.97. The number of phenolic OH excluding ortho intramolecular Hbond substituents is 1. The van der Waals surface area contributed by atoms with Crippen LogP contribution in [0.3, 0.4) is 0 Å².